The number of hydrogen-bond donors (Lipinski definition) is 1. The molecule has 5 nitrogen and oxygen atoms in total. The fourth-order valence-electron chi connectivity index (χ4n) is 2.87. The number of H-pyrrole nitrogens is 1. The zero-order valence-corrected chi connectivity index (χ0v) is 14.4. The molecule has 0 saturated heterocycles. The fraction of sp³-hybridized carbons (Fsp3) is 0.368. The van der Waals surface area contributed by atoms with Gasteiger partial charge in [0.2, 0.25) is 0 Å². The standard InChI is InChI=1S/C19H23N3O2/c1-13-7-6-8-16(11-13)24-10-5-4-9-22-15(3)21-18-17(19(22)23)12-14(2)20-18/h6-8,11-12,20H,4-5,9-10H2,1-3H3. The van der Waals surface area contributed by atoms with E-state index in [4.69, 9.17) is 4.74 Å². The highest BCUT2D eigenvalue weighted by Gasteiger charge is 2.09. The lowest BCUT2D eigenvalue weighted by Gasteiger charge is -2.10. The van der Waals surface area contributed by atoms with Gasteiger partial charge in [-0.25, -0.2) is 4.98 Å². The smallest absolute Gasteiger partial charge is 0.263 e. The molecule has 0 spiro atoms. The first-order chi connectivity index (χ1) is 11.5. The van der Waals surface area contributed by atoms with Crippen molar-refractivity contribution < 1.29 is 4.74 Å². The molecule has 0 aliphatic rings. The maximum absolute atomic E-state index is 12.6. The largest absolute Gasteiger partial charge is 0.494 e. The Morgan fingerprint density at radius 3 is 2.79 bits per heavy atom. The topological polar surface area (TPSA) is 59.9 Å². The Balaban J connectivity index is 1.59. The average Bonchev–Trinajstić information content (AvgIpc) is 2.90. The van der Waals surface area contributed by atoms with Gasteiger partial charge >= 0.3 is 0 Å². The molecular weight excluding hydrogens is 302 g/mol. The second-order valence-corrected chi connectivity index (χ2v) is 6.20. The number of unbranched alkanes of at least 4 members (excludes halogenated alkanes) is 1. The van der Waals surface area contributed by atoms with Crippen molar-refractivity contribution in [3.63, 3.8) is 0 Å². The van der Waals surface area contributed by atoms with Gasteiger partial charge in [-0.15, -0.1) is 0 Å². The van der Waals surface area contributed by atoms with Gasteiger partial charge in [0, 0.05) is 12.2 Å². The number of ether oxygens (including phenoxy) is 1. The zero-order chi connectivity index (χ0) is 17.1. The number of nitrogens with zero attached hydrogens (tertiary/aromatic N) is 2. The first kappa shape index (κ1) is 16.3. The second kappa shape index (κ2) is 6.91. The number of aryl methyl sites for hydroxylation is 3. The van der Waals surface area contributed by atoms with Crippen molar-refractivity contribution in [3.8, 4) is 5.75 Å². The summed E-state index contributed by atoms with van der Waals surface area (Å²) in [5.41, 5.74) is 2.85. The van der Waals surface area contributed by atoms with Crippen molar-refractivity contribution in [2.45, 2.75) is 40.2 Å². The lowest BCUT2D eigenvalue weighted by atomic mass is 10.2. The van der Waals surface area contributed by atoms with Gasteiger partial charge in [-0.05, 0) is 57.4 Å². The Bertz CT molecular complexity index is 909. The van der Waals surface area contributed by atoms with Crippen LogP contribution >= 0.6 is 0 Å². The highest BCUT2D eigenvalue weighted by molar-refractivity contribution is 5.75. The van der Waals surface area contributed by atoms with E-state index in [-0.39, 0.29) is 5.56 Å². The predicted octanol–water partition coefficient (Wildman–Crippen LogP) is 3.51. The summed E-state index contributed by atoms with van der Waals surface area (Å²) in [6.07, 6.45) is 1.77. The van der Waals surface area contributed by atoms with Crippen LogP contribution in [0.5, 0.6) is 5.75 Å². The van der Waals surface area contributed by atoms with Crippen molar-refractivity contribution in [2.75, 3.05) is 6.61 Å². The molecule has 3 aromatic rings. The minimum atomic E-state index is 0.0291. The first-order valence-corrected chi connectivity index (χ1v) is 8.31. The lowest BCUT2D eigenvalue weighted by molar-refractivity contribution is 0.302. The van der Waals surface area contributed by atoms with Crippen LogP contribution < -0.4 is 10.3 Å². The van der Waals surface area contributed by atoms with Crippen molar-refractivity contribution in [3.05, 3.63) is 57.8 Å². The first-order valence-electron chi connectivity index (χ1n) is 8.31. The Kier molecular flexibility index (Phi) is 4.69. The maximum Gasteiger partial charge on any atom is 0.263 e. The van der Waals surface area contributed by atoms with Crippen LogP contribution in [-0.2, 0) is 6.54 Å². The molecule has 1 aromatic carbocycles. The summed E-state index contributed by atoms with van der Waals surface area (Å²) < 4.78 is 7.50. The number of aromatic nitrogens is 3. The number of aromatic amines is 1. The molecule has 0 radical (unpaired) electrons. The van der Waals surface area contributed by atoms with Gasteiger partial charge in [-0.3, -0.25) is 9.36 Å². The molecule has 24 heavy (non-hydrogen) atoms. The minimum Gasteiger partial charge on any atom is -0.494 e. The Morgan fingerprint density at radius 2 is 2.00 bits per heavy atom. The van der Waals surface area contributed by atoms with E-state index in [0.717, 1.165) is 30.1 Å². The van der Waals surface area contributed by atoms with Crippen molar-refractivity contribution >= 4 is 11.0 Å². The number of rotatable bonds is 6. The molecule has 2 heterocycles. The Hall–Kier alpha value is -2.56. The van der Waals surface area contributed by atoms with Gasteiger partial charge in [-0.1, -0.05) is 12.1 Å². The molecule has 0 atom stereocenters. The van der Waals surface area contributed by atoms with Crippen molar-refractivity contribution in [1.29, 1.82) is 0 Å². The van der Waals surface area contributed by atoms with Crippen LogP contribution in [0.2, 0.25) is 0 Å². The highest BCUT2D eigenvalue weighted by Crippen LogP contribution is 2.13. The molecule has 5 heteroatoms. The molecule has 0 aliphatic carbocycles. The Morgan fingerprint density at radius 1 is 1.17 bits per heavy atom. The number of nitrogens with one attached hydrogen (secondary N) is 1. The Labute approximate surface area is 141 Å². The second-order valence-electron chi connectivity index (χ2n) is 6.20. The molecule has 3 rings (SSSR count). The van der Waals surface area contributed by atoms with Gasteiger partial charge in [0.1, 0.15) is 17.2 Å². The zero-order valence-electron chi connectivity index (χ0n) is 14.4. The average molecular weight is 325 g/mol. The number of fused-ring (bicyclic) bond motifs is 1. The summed E-state index contributed by atoms with van der Waals surface area (Å²) in [5, 5.41) is 0.661. The van der Waals surface area contributed by atoms with Gasteiger partial charge < -0.3 is 9.72 Å². The van der Waals surface area contributed by atoms with Gasteiger partial charge in [0.15, 0.2) is 0 Å². The van der Waals surface area contributed by atoms with E-state index in [0.29, 0.717) is 24.2 Å². The monoisotopic (exact) mass is 325 g/mol. The molecule has 0 saturated carbocycles. The summed E-state index contributed by atoms with van der Waals surface area (Å²) in [6.45, 7) is 7.17. The third-order valence-electron chi connectivity index (χ3n) is 4.11. The molecule has 0 unspecified atom stereocenters. The molecule has 0 amide bonds. The summed E-state index contributed by atoms with van der Waals surface area (Å²) in [4.78, 5) is 20.2. The van der Waals surface area contributed by atoms with E-state index in [2.05, 4.69) is 9.97 Å². The van der Waals surface area contributed by atoms with Crippen LogP contribution in [0.3, 0.4) is 0 Å². The summed E-state index contributed by atoms with van der Waals surface area (Å²) in [6, 6.07) is 9.90. The number of hydrogen-bond acceptors (Lipinski definition) is 3. The third kappa shape index (κ3) is 3.50. The van der Waals surface area contributed by atoms with Gasteiger partial charge in [0.25, 0.3) is 5.56 Å². The molecule has 0 aliphatic heterocycles. The van der Waals surface area contributed by atoms with Crippen LogP contribution in [0, 0.1) is 20.8 Å². The van der Waals surface area contributed by atoms with Crippen LogP contribution in [0.15, 0.2) is 35.1 Å². The molecule has 0 fully saturated rings. The van der Waals surface area contributed by atoms with Gasteiger partial charge in [0.05, 0.1) is 12.0 Å². The molecule has 126 valence electrons. The summed E-state index contributed by atoms with van der Waals surface area (Å²) in [7, 11) is 0. The van der Waals surface area contributed by atoms with Crippen LogP contribution in [0.4, 0.5) is 0 Å². The van der Waals surface area contributed by atoms with Crippen molar-refractivity contribution in [1.82, 2.24) is 14.5 Å². The molecular formula is C19H23N3O2. The van der Waals surface area contributed by atoms with E-state index >= 15 is 0 Å². The third-order valence-corrected chi connectivity index (χ3v) is 4.11. The fourth-order valence-corrected chi connectivity index (χ4v) is 2.87. The van der Waals surface area contributed by atoms with E-state index < -0.39 is 0 Å². The van der Waals surface area contributed by atoms with E-state index in [1.165, 1.54) is 5.56 Å². The maximum atomic E-state index is 12.6. The SMILES string of the molecule is Cc1cccc(OCCCCn2c(C)nc3[nH]c(C)cc3c2=O)c1. The van der Waals surface area contributed by atoms with Crippen LogP contribution in [0.1, 0.15) is 29.9 Å². The lowest BCUT2D eigenvalue weighted by Crippen LogP contribution is -2.23. The quantitative estimate of drug-likeness (QED) is 0.706. The number of benzene rings is 1. The predicted molar refractivity (Wildman–Crippen MR) is 95.7 cm³/mol. The summed E-state index contributed by atoms with van der Waals surface area (Å²) in [5.74, 6) is 1.64. The van der Waals surface area contributed by atoms with Crippen LogP contribution in [0.25, 0.3) is 11.0 Å². The van der Waals surface area contributed by atoms with E-state index in [1.807, 2.05) is 51.1 Å². The normalized spacial score (nSPS) is 11.1. The molecule has 2 aromatic heterocycles. The van der Waals surface area contributed by atoms with E-state index in [1.54, 1.807) is 4.57 Å². The van der Waals surface area contributed by atoms with E-state index in [9.17, 15) is 4.79 Å². The molecule has 1 N–H and O–H groups in total. The summed E-state index contributed by atoms with van der Waals surface area (Å²) >= 11 is 0. The molecule has 0 bridgehead atoms. The minimum absolute atomic E-state index is 0.0291. The van der Waals surface area contributed by atoms with Crippen molar-refractivity contribution in [2.24, 2.45) is 0 Å². The van der Waals surface area contributed by atoms with Crippen LogP contribution in [-0.4, -0.2) is 21.1 Å². The van der Waals surface area contributed by atoms with Gasteiger partial charge in [-0.2, -0.15) is 0 Å². The highest BCUT2D eigenvalue weighted by atomic mass is 16.5.